The molecule has 1 aliphatic heterocycles. The molecule has 1 fully saturated rings. The Hall–Kier alpha value is -0.840. The second-order valence-corrected chi connectivity index (χ2v) is 6.39. The topological polar surface area (TPSA) is 31.6 Å². The summed E-state index contributed by atoms with van der Waals surface area (Å²) in [6.07, 6.45) is 2.93. The fraction of sp³-hybridized carbons (Fsp3) is 0.733. The summed E-state index contributed by atoms with van der Waals surface area (Å²) in [6.45, 7) is 8.77. The van der Waals surface area contributed by atoms with Gasteiger partial charge in [-0.1, -0.05) is 0 Å². The third kappa shape index (κ3) is 3.81. The van der Waals surface area contributed by atoms with E-state index in [0.717, 1.165) is 38.4 Å². The van der Waals surface area contributed by atoms with Crippen molar-refractivity contribution in [2.24, 2.45) is 0 Å². The van der Waals surface area contributed by atoms with Crippen LogP contribution in [0.2, 0.25) is 0 Å². The second kappa shape index (κ2) is 6.07. The Bertz CT molecular complexity index is 373. The first-order valence-corrected chi connectivity index (χ1v) is 7.13. The zero-order valence-electron chi connectivity index (χ0n) is 12.6. The lowest BCUT2D eigenvalue weighted by molar-refractivity contribution is 0.0492. The molecule has 1 saturated heterocycles. The van der Waals surface area contributed by atoms with E-state index in [1.807, 2.05) is 6.07 Å². The predicted molar refractivity (Wildman–Crippen MR) is 78.2 cm³/mol. The molecule has 0 aromatic carbocycles. The molecule has 0 amide bonds. The lowest BCUT2D eigenvalue weighted by Crippen LogP contribution is -2.53. The Balaban J connectivity index is 2.17. The van der Waals surface area contributed by atoms with Gasteiger partial charge in [0.15, 0.2) is 0 Å². The first-order valence-electron chi connectivity index (χ1n) is 7.13. The molecule has 19 heavy (non-hydrogen) atoms. The van der Waals surface area contributed by atoms with Gasteiger partial charge in [-0.3, -0.25) is 4.90 Å². The van der Waals surface area contributed by atoms with Crippen molar-refractivity contribution in [1.29, 1.82) is 0 Å². The van der Waals surface area contributed by atoms with Gasteiger partial charge in [0, 0.05) is 24.7 Å². The molecule has 0 bridgehead atoms. The molecule has 108 valence electrons. The fourth-order valence-electron chi connectivity index (χ4n) is 2.91. The van der Waals surface area contributed by atoms with E-state index in [0.29, 0.717) is 6.04 Å². The van der Waals surface area contributed by atoms with Gasteiger partial charge in [-0.25, -0.2) is 0 Å². The third-order valence-electron chi connectivity index (χ3n) is 3.99. The van der Waals surface area contributed by atoms with Crippen molar-refractivity contribution in [3.8, 4) is 0 Å². The minimum atomic E-state index is 0.191. The average Bonchev–Trinajstić information content (AvgIpc) is 2.78. The summed E-state index contributed by atoms with van der Waals surface area (Å²) in [4.78, 5) is 4.86. The minimum absolute atomic E-state index is 0.191. The summed E-state index contributed by atoms with van der Waals surface area (Å²) < 4.78 is 5.55. The summed E-state index contributed by atoms with van der Waals surface area (Å²) in [5.41, 5.74) is 0.191. The number of rotatable bonds is 4. The number of nitrogens with one attached hydrogen (secondary N) is 1. The van der Waals surface area contributed by atoms with Crippen LogP contribution in [-0.4, -0.2) is 55.1 Å². The van der Waals surface area contributed by atoms with E-state index in [1.165, 1.54) is 0 Å². The Morgan fingerprint density at radius 1 is 1.47 bits per heavy atom. The van der Waals surface area contributed by atoms with Crippen molar-refractivity contribution in [2.75, 3.05) is 33.7 Å². The molecule has 4 heteroatoms. The molecule has 4 nitrogen and oxygen atoms in total. The fourth-order valence-corrected chi connectivity index (χ4v) is 2.91. The van der Waals surface area contributed by atoms with Crippen molar-refractivity contribution >= 4 is 0 Å². The highest BCUT2D eigenvalue weighted by atomic mass is 16.3. The summed E-state index contributed by atoms with van der Waals surface area (Å²) in [7, 11) is 4.28. The second-order valence-electron chi connectivity index (χ2n) is 6.39. The van der Waals surface area contributed by atoms with E-state index in [9.17, 15) is 0 Å². The van der Waals surface area contributed by atoms with E-state index >= 15 is 0 Å². The van der Waals surface area contributed by atoms with Crippen LogP contribution >= 0.6 is 0 Å². The van der Waals surface area contributed by atoms with Gasteiger partial charge in [0.05, 0.1) is 12.8 Å². The van der Waals surface area contributed by atoms with Crippen LogP contribution in [0, 0.1) is 0 Å². The maximum absolute atomic E-state index is 5.55. The largest absolute Gasteiger partial charge is 0.468 e. The molecule has 2 heterocycles. The zero-order valence-corrected chi connectivity index (χ0v) is 12.6. The molecule has 0 radical (unpaired) electrons. The molecule has 1 aliphatic rings. The number of hydrogen-bond donors (Lipinski definition) is 1. The SMILES string of the molecule is CN(C)CC1CNCCC(C)(C)N1Cc1ccco1. The Morgan fingerprint density at radius 3 is 2.89 bits per heavy atom. The third-order valence-corrected chi connectivity index (χ3v) is 3.99. The van der Waals surface area contributed by atoms with Gasteiger partial charge in [0.25, 0.3) is 0 Å². The molecule has 1 unspecified atom stereocenters. The number of nitrogens with zero attached hydrogens (tertiary/aromatic N) is 2. The maximum Gasteiger partial charge on any atom is 0.117 e. The number of likely N-dealkylation sites (N-methyl/N-ethyl adjacent to an activating group) is 1. The highest BCUT2D eigenvalue weighted by molar-refractivity contribution is 5.02. The quantitative estimate of drug-likeness (QED) is 0.899. The standard InChI is InChI=1S/C15H27N3O/c1-15(2)7-8-16-10-13(11-17(3)4)18(15)12-14-6-5-9-19-14/h5-6,9,13,16H,7-8,10-12H2,1-4H3. The lowest BCUT2D eigenvalue weighted by Gasteiger charge is -2.42. The monoisotopic (exact) mass is 265 g/mol. The Morgan fingerprint density at radius 2 is 2.26 bits per heavy atom. The van der Waals surface area contributed by atoms with Crippen LogP contribution in [0.5, 0.6) is 0 Å². The van der Waals surface area contributed by atoms with Crippen LogP contribution in [0.4, 0.5) is 0 Å². The predicted octanol–water partition coefficient (Wildman–Crippen LogP) is 1.78. The van der Waals surface area contributed by atoms with Crippen LogP contribution in [0.1, 0.15) is 26.0 Å². The van der Waals surface area contributed by atoms with Gasteiger partial charge in [-0.05, 0) is 53.0 Å². The zero-order chi connectivity index (χ0) is 13.9. The van der Waals surface area contributed by atoms with Crippen molar-refractivity contribution in [1.82, 2.24) is 15.1 Å². The highest BCUT2D eigenvalue weighted by Gasteiger charge is 2.35. The van der Waals surface area contributed by atoms with E-state index in [-0.39, 0.29) is 5.54 Å². The van der Waals surface area contributed by atoms with Crippen molar-refractivity contribution < 1.29 is 4.42 Å². The molecule has 1 aromatic rings. The molecule has 0 aliphatic carbocycles. The molecular weight excluding hydrogens is 238 g/mol. The Kier molecular flexibility index (Phi) is 4.66. The molecular formula is C15H27N3O. The van der Waals surface area contributed by atoms with E-state index in [2.05, 4.69) is 49.1 Å². The average molecular weight is 265 g/mol. The molecule has 2 rings (SSSR count). The normalized spacial score (nSPS) is 24.6. The lowest BCUT2D eigenvalue weighted by atomic mass is 9.96. The smallest absolute Gasteiger partial charge is 0.117 e. The van der Waals surface area contributed by atoms with Crippen molar-refractivity contribution in [2.45, 2.75) is 38.4 Å². The highest BCUT2D eigenvalue weighted by Crippen LogP contribution is 2.26. The maximum atomic E-state index is 5.55. The van der Waals surface area contributed by atoms with Gasteiger partial charge < -0.3 is 14.6 Å². The van der Waals surface area contributed by atoms with Crippen molar-refractivity contribution in [3.05, 3.63) is 24.2 Å². The number of hydrogen-bond acceptors (Lipinski definition) is 4. The van der Waals surface area contributed by atoms with Gasteiger partial charge in [-0.2, -0.15) is 0 Å². The summed E-state index contributed by atoms with van der Waals surface area (Å²) in [6, 6.07) is 4.55. The summed E-state index contributed by atoms with van der Waals surface area (Å²) in [5, 5.41) is 3.57. The van der Waals surface area contributed by atoms with Crippen LogP contribution in [0.25, 0.3) is 0 Å². The van der Waals surface area contributed by atoms with E-state index in [1.54, 1.807) is 6.26 Å². The van der Waals surface area contributed by atoms with Crippen LogP contribution in [0.3, 0.4) is 0 Å². The first-order chi connectivity index (χ1) is 8.99. The van der Waals surface area contributed by atoms with Gasteiger partial charge >= 0.3 is 0 Å². The van der Waals surface area contributed by atoms with Crippen LogP contribution in [-0.2, 0) is 6.54 Å². The number of furan rings is 1. The minimum Gasteiger partial charge on any atom is -0.468 e. The van der Waals surface area contributed by atoms with Crippen molar-refractivity contribution in [3.63, 3.8) is 0 Å². The molecule has 1 aromatic heterocycles. The first kappa shape index (κ1) is 14.6. The van der Waals surface area contributed by atoms with Crippen LogP contribution < -0.4 is 5.32 Å². The summed E-state index contributed by atoms with van der Waals surface area (Å²) in [5.74, 6) is 1.05. The van der Waals surface area contributed by atoms with Gasteiger partial charge in [0.1, 0.15) is 5.76 Å². The molecule has 1 N–H and O–H groups in total. The van der Waals surface area contributed by atoms with E-state index in [4.69, 9.17) is 4.42 Å². The van der Waals surface area contributed by atoms with E-state index < -0.39 is 0 Å². The van der Waals surface area contributed by atoms with Gasteiger partial charge in [-0.15, -0.1) is 0 Å². The van der Waals surface area contributed by atoms with Crippen LogP contribution in [0.15, 0.2) is 22.8 Å². The van der Waals surface area contributed by atoms with Gasteiger partial charge in [0.2, 0.25) is 0 Å². The molecule has 1 atom stereocenters. The molecule has 0 saturated carbocycles. The Labute approximate surface area is 116 Å². The summed E-state index contributed by atoms with van der Waals surface area (Å²) >= 11 is 0. The molecule has 0 spiro atoms.